The van der Waals surface area contributed by atoms with E-state index in [4.69, 9.17) is 4.84 Å². The molecule has 1 saturated heterocycles. The van der Waals surface area contributed by atoms with Gasteiger partial charge in [0, 0.05) is 12.7 Å². The van der Waals surface area contributed by atoms with E-state index < -0.39 is 0 Å². The summed E-state index contributed by atoms with van der Waals surface area (Å²) in [6, 6.07) is 0. The number of hydrogen-bond donors (Lipinski definition) is 2. The second-order valence-electron chi connectivity index (χ2n) is 7.40. The lowest BCUT2D eigenvalue weighted by Gasteiger charge is -2.47. The van der Waals surface area contributed by atoms with E-state index >= 15 is 0 Å². The SMILES string of the molecule is CC(C)c1nc(NN2NC[C@]3(CC4CCC3CC4)O2)ncc1Br. The predicted molar refractivity (Wildman–Crippen MR) is 91.2 cm³/mol. The van der Waals surface area contributed by atoms with E-state index in [-0.39, 0.29) is 5.60 Å². The number of aromatic nitrogens is 2. The van der Waals surface area contributed by atoms with E-state index in [2.05, 4.69) is 50.6 Å². The van der Waals surface area contributed by atoms with Crippen molar-refractivity contribution in [3.63, 3.8) is 0 Å². The molecule has 7 heteroatoms. The first-order valence-electron chi connectivity index (χ1n) is 8.57. The van der Waals surface area contributed by atoms with Gasteiger partial charge < -0.3 is 0 Å². The van der Waals surface area contributed by atoms with Gasteiger partial charge in [-0.2, -0.15) is 0 Å². The summed E-state index contributed by atoms with van der Waals surface area (Å²) in [5.41, 5.74) is 7.43. The van der Waals surface area contributed by atoms with Gasteiger partial charge in [0.25, 0.3) is 0 Å². The molecule has 2 bridgehead atoms. The third kappa shape index (κ3) is 2.88. The molecule has 4 fully saturated rings. The van der Waals surface area contributed by atoms with Crippen LogP contribution in [-0.2, 0) is 4.84 Å². The molecule has 1 spiro atoms. The summed E-state index contributed by atoms with van der Waals surface area (Å²) < 4.78 is 0.939. The highest BCUT2D eigenvalue weighted by Gasteiger charge is 2.53. The number of anilines is 1. The quantitative estimate of drug-likeness (QED) is 0.836. The molecule has 6 nitrogen and oxygen atoms in total. The minimum atomic E-state index is -0.0373. The molecule has 23 heavy (non-hydrogen) atoms. The van der Waals surface area contributed by atoms with Crippen LogP contribution in [0.2, 0.25) is 0 Å². The van der Waals surface area contributed by atoms with Gasteiger partial charge in [-0.3, -0.25) is 4.84 Å². The van der Waals surface area contributed by atoms with Gasteiger partial charge in [-0.25, -0.2) is 20.8 Å². The standard InChI is InChI=1S/C16H24BrN5O/c1-10(2)14-13(17)8-18-15(20-14)21-22-19-9-16(23-22)7-11-3-5-12(16)6-4-11/h8,10-12,19H,3-7,9H2,1-2H3,(H,18,20,21)/t11?,12?,16-/m0/s1. The Morgan fingerprint density at radius 2 is 2.17 bits per heavy atom. The highest BCUT2D eigenvalue weighted by Crippen LogP contribution is 2.50. The number of nitrogens with one attached hydrogen (secondary N) is 2. The maximum absolute atomic E-state index is 6.28. The fourth-order valence-electron chi connectivity index (χ4n) is 4.32. The van der Waals surface area contributed by atoms with Crippen LogP contribution < -0.4 is 10.9 Å². The molecule has 3 aliphatic carbocycles. The maximum atomic E-state index is 6.28. The molecule has 4 aliphatic rings. The first kappa shape index (κ1) is 15.7. The number of fused-ring (bicyclic) bond motifs is 2. The number of hydrogen-bond acceptors (Lipinski definition) is 6. The Labute approximate surface area is 145 Å². The zero-order valence-corrected chi connectivity index (χ0v) is 15.3. The van der Waals surface area contributed by atoms with Gasteiger partial charge >= 0.3 is 0 Å². The van der Waals surface area contributed by atoms with Gasteiger partial charge in [0.1, 0.15) is 5.60 Å². The van der Waals surface area contributed by atoms with E-state index in [0.717, 1.165) is 22.6 Å². The fourth-order valence-corrected chi connectivity index (χ4v) is 4.97. The van der Waals surface area contributed by atoms with Gasteiger partial charge in [-0.1, -0.05) is 13.8 Å². The molecule has 5 rings (SSSR count). The number of hydrazine groups is 2. The first-order valence-corrected chi connectivity index (χ1v) is 9.37. The molecule has 1 aromatic rings. The van der Waals surface area contributed by atoms with E-state index in [1.807, 2.05) is 0 Å². The van der Waals surface area contributed by atoms with Crippen LogP contribution in [0.5, 0.6) is 0 Å². The monoisotopic (exact) mass is 381 g/mol. The highest BCUT2D eigenvalue weighted by molar-refractivity contribution is 9.10. The molecule has 0 amide bonds. The van der Waals surface area contributed by atoms with Crippen molar-refractivity contribution in [3.05, 3.63) is 16.4 Å². The average Bonchev–Trinajstić information content (AvgIpc) is 2.92. The summed E-state index contributed by atoms with van der Waals surface area (Å²) in [7, 11) is 0. The van der Waals surface area contributed by atoms with Crippen molar-refractivity contribution in [2.75, 3.05) is 12.0 Å². The normalized spacial score (nSPS) is 33.7. The topological polar surface area (TPSA) is 62.3 Å². The van der Waals surface area contributed by atoms with Crippen LogP contribution in [0.25, 0.3) is 0 Å². The molecule has 1 aliphatic heterocycles. The molecule has 0 unspecified atom stereocenters. The summed E-state index contributed by atoms with van der Waals surface area (Å²) in [5.74, 6) is 2.39. The Balaban J connectivity index is 1.46. The Bertz CT molecular complexity index is 590. The van der Waals surface area contributed by atoms with Crippen molar-refractivity contribution in [1.29, 1.82) is 0 Å². The molecule has 3 saturated carbocycles. The van der Waals surface area contributed by atoms with Gasteiger partial charge in [0.2, 0.25) is 5.95 Å². The maximum Gasteiger partial charge on any atom is 0.240 e. The van der Waals surface area contributed by atoms with Gasteiger partial charge in [0.05, 0.1) is 10.2 Å². The number of halogens is 1. The molecular weight excluding hydrogens is 358 g/mol. The predicted octanol–water partition coefficient (Wildman–Crippen LogP) is 3.39. The lowest BCUT2D eigenvalue weighted by atomic mass is 9.62. The van der Waals surface area contributed by atoms with E-state index in [9.17, 15) is 0 Å². The van der Waals surface area contributed by atoms with Crippen LogP contribution in [0.1, 0.15) is 57.6 Å². The summed E-state index contributed by atoms with van der Waals surface area (Å²) in [4.78, 5) is 15.2. The van der Waals surface area contributed by atoms with Crippen molar-refractivity contribution in [3.8, 4) is 0 Å². The summed E-state index contributed by atoms with van der Waals surface area (Å²) in [6.07, 6.45) is 8.30. The van der Waals surface area contributed by atoms with E-state index in [0.29, 0.717) is 17.8 Å². The average molecular weight is 382 g/mol. The second-order valence-corrected chi connectivity index (χ2v) is 8.25. The number of rotatable bonds is 3. The Morgan fingerprint density at radius 1 is 1.39 bits per heavy atom. The molecule has 2 heterocycles. The molecular formula is C16H24BrN5O. The van der Waals surface area contributed by atoms with Crippen LogP contribution in [-0.4, -0.2) is 27.4 Å². The van der Waals surface area contributed by atoms with Crippen LogP contribution in [0.15, 0.2) is 10.7 Å². The lowest BCUT2D eigenvalue weighted by molar-refractivity contribution is -0.235. The van der Waals surface area contributed by atoms with Gasteiger partial charge in [-0.15, -0.1) is 0 Å². The lowest BCUT2D eigenvalue weighted by Crippen LogP contribution is -2.50. The Hall–Kier alpha value is -0.760. The molecule has 1 atom stereocenters. The molecule has 0 radical (unpaired) electrons. The van der Waals surface area contributed by atoms with Crippen molar-refractivity contribution in [1.82, 2.24) is 20.7 Å². The molecule has 1 aromatic heterocycles. The summed E-state index contributed by atoms with van der Waals surface area (Å²) >= 11 is 3.51. The van der Waals surface area contributed by atoms with Crippen molar-refractivity contribution < 1.29 is 4.84 Å². The van der Waals surface area contributed by atoms with Gasteiger partial charge in [-0.05, 0) is 71.1 Å². The minimum absolute atomic E-state index is 0.0373. The zero-order chi connectivity index (χ0) is 16.0. The second kappa shape index (κ2) is 5.95. The minimum Gasteiger partial charge on any atom is -0.257 e. The van der Waals surface area contributed by atoms with Crippen LogP contribution in [0.3, 0.4) is 0 Å². The van der Waals surface area contributed by atoms with Gasteiger partial charge in [0.15, 0.2) is 0 Å². The Kier molecular flexibility index (Phi) is 4.07. The van der Waals surface area contributed by atoms with Crippen LogP contribution >= 0.6 is 15.9 Å². The molecule has 0 aromatic carbocycles. The third-order valence-corrected chi connectivity index (χ3v) is 6.15. The number of nitrogens with zero attached hydrogens (tertiary/aromatic N) is 3. The van der Waals surface area contributed by atoms with Crippen molar-refractivity contribution in [2.45, 2.75) is 57.5 Å². The first-order chi connectivity index (χ1) is 11.1. The van der Waals surface area contributed by atoms with Crippen molar-refractivity contribution >= 4 is 21.9 Å². The third-order valence-electron chi connectivity index (χ3n) is 5.54. The van der Waals surface area contributed by atoms with Crippen molar-refractivity contribution in [2.24, 2.45) is 11.8 Å². The summed E-state index contributed by atoms with van der Waals surface area (Å²) in [6.45, 7) is 5.11. The van der Waals surface area contributed by atoms with E-state index in [1.54, 1.807) is 11.5 Å². The smallest absolute Gasteiger partial charge is 0.240 e. The summed E-state index contributed by atoms with van der Waals surface area (Å²) in [5, 5.41) is 1.62. The zero-order valence-electron chi connectivity index (χ0n) is 13.7. The van der Waals surface area contributed by atoms with E-state index in [1.165, 1.54) is 32.1 Å². The largest absolute Gasteiger partial charge is 0.257 e. The highest BCUT2D eigenvalue weighted by atomic mass is 79.9. The molecule has 2 N–H and O–H groups in total. The molecule has 126 valence electrons. The van der Waals surface area contributed by atoms with Crippen LogP contribution in [0, 0.1) is 11.8 Å². The Morgan fingerprint density at radius 3 is 2.83 bits per heavy atom. The fraction of sp³-hybridized carbons (Fsp3) is 0.750. The van der Waals surface area contributed by atoms with Crippen LogP contribution in [0.4, 0.5) is 5.95 Å².